The lowest BCUT2D eigenvalue weighted by Crippen LogP contribution is -2.74. The van der Waals surface area contributed by atoms with Gasteiger partial charge >= 0.3 is 0 Å². The molecule has 3 heterocycles. The first-order chi connectivity index (χ1) is 32.4. The number of nitrogens with zero attached hydrogens (tertiary/aromatic N) is 5. The molecule has 1 aliphatic heterocycles. The summed E-state index contributed by atoms with van der Waals surface area (Å²) in [5.41, 5.74) is 5.93. The summed E-state index contributed by atoms with van der Waals surface area (Å²) >= 11 is 7.84. The lowest BCUT2D eigenvalue weighted by atomic mass is 9.49. The minimum atomic E-state index is -0.831. The van der Waals surface area contributed by atoms with Gasteiger partial charge in [0.05, 0.1) is 51.6 Å². The Hall–Kier alpha value is -5.95. The molecule has 68 heavy (non-hydrogen) atoms. The molecule has 4 atom stereocenters. The Morgan fingerprint density at radius 1 is 0.985 bits per heavy atom. The molecule has 3 aromatic carbocycles. The molecule has 5 aromatic rings. The smallest absolute Gasteiger partial charge is 0.251 e. The Kier molecular flexibility index (Phi) is 15.5. The Morgan fingerprint density at radius 3 is 2.35 bits per heavy atom. The second kappa shape index (κ2) is 21.1. The molecule has 0 radical (unpaired) electrons. The fourth-order valence-electron chi connectivity index (χ4n) is 10.0. The first-order valence-corrected chi connectivity index (χ1v) is 24.6. The van der Waals surface area contributed by atoms with Crippen LogP contribution in [0.4, 0.5) is 5.69 Å². The van der Waals surface area contributed by atoms with E-state index >= 15 is 0 Å². The number of carbonyl (C=O) groups excluding carboxylic acids is 3. The number of anilines is 1. The highest BCUT2D eigenvalue weighted by Gasteiger charge is 2.64. The van der Waals surface area contributed by atoms with Crippen molar-refractivity contribution in [3.63, 3.8) is 0 Å². The topological polar surface area (TPSA) is 184 Å². The van der Waals surface area contributed by atoms with Gasteiger partial charge in [0.2, 0.25) is 17.7 Å². The second-order valence-corrected chi connectivity index (χ2v) is 20.8. The first kappa shape index (κ1) is 49.9. The zero-order chi connectivity index (χ0) is 48.9. The first-order valence-electron chi connectivity index (χ1n) is 23.4. The molecule has 0 bridgehead atoms. The van der Waals surface area contributed by atoms with Gasteiger partial charge in [0.1, 0.15) is 30.0 Å². The van der Waals surface area contributed by atoms with Crippen LogP contribution in [0.15, 0.2) is 84.5 Å². The molecular weight excluding hydrogens is 900 g/mol. The van der Waals surface area contributed by atoms with Gasteiger partial charge in [-0.15, -0.1) is 11.3 Å². The summed E-state index contributed by atoms with van der Waals surface area (Å²) in [6.07, 6.45) is 3.29. The van der Waals surface area contributed by atoms with Crippen molar-refractivity contribution in [1.29, 1.82) is 5.26 Å². The number of aliphatic hydroxyl groups is 1. The number of β-amino-alcohol motifs (C(OH)–C–C–N with tert-alkyl or cyclic N) is 1. The molecule has 14 nitrogen and oxygen atoms in total. The standard InChI is InChI=1S/C52H63ClN8O6S/c1-31(2)44(48(65)60-29-39(62)26-42(60)47(64)58-32(3)34-12-14-35(15-13-34)45-33(4)56-30-68-45)61-43(22-24-57-61)66-25-11-9-10-23-55-38-19-16-36(17-20-38)46(63)59-49-51(5,6)50(52(49,7)8)67-40-21-18-37(28-54)41(53)27-40/h12-22,24,27,30-32,39,42,44,49-50,55,62H,9-11,23,25-26,29H2,1-8H3,(H,58,64)(H,59,63)/t32-,39+,42-,44+,49-,50-/m0/s1. The van der Waals surface area contributed by atoms with E-state index in [-0.39, 0.29) is 65.6 Å². The molecule has 1 aliphatic carbocycles. The van der Waals surface area contributed by atoms with E-state index in [1.807, 2.05) is 81.7 Å². The molecular formula is C52H63ClN8O6S. The lowest BCUT2D eigenvalue weighted by molar-refractivity contribution is -0.164. The molecule has 2 fully saturated rings. The molecule has 7 rings (SSSR count). The normalized spacial score (nSPS) is 20.2. The highest BCUT2D eigenvalue weighted by Crippen LogP contribution is 2.55. The maximum absolute atomic E-state index is 14.3. The molecule has 1 saturated carbocycles. The predicted molar refractivity (Wildman–Crippen MR) is 265 cm³/mol. The molecule has 3 amide bonds. The van der Waals surface area contributed by atoms with Crippen molar-refractivity contribution in [2.45, 2.75) is 117 Å². The summed E-state index contributed by atoms with van der Waals surface area (Å²) in [7, 11) is 0. The summed E-state index contributed by atoms with van der Waals surface area (Å²) in [5.74, 6) is 0.115. The fraction of sp³-hybridized carbons (Fsp3) is 0.462. The third-order valence-corrected chi connectivity index (χ3v) is 14.7. The van der Waals surface area contributed by atoms with Crippen LogP contribution in [0.25, 0.3) is 10.4 Å². The van der Waals surface area contributed by atoms with Gasteiger partial charge in [-0.25, -0.2) is 9.67 Å². The van der Waals surface area contributed by atoms with E-state index in [1.54, 1.807) is 46.5 Å². The molecule has 2 aromatic heterocycles. The van der Waals surface area contributed by atoms with Gasteiger partial charge in [-0.3, -0.25) is 14.4 Å². The number of unbranched alkanes of at least 4 members (excludes halogenated alkanes) is 2. The average Bonchev–Trinajstić information content (AvgIpc) is 4.06. The SMILES string of the molecule is Cc1ncsc1-c1ccc([C@H](C)NC(=O)[C@@H]2C[C@@H](O)CN2C(=O)[C@@H](C(C)C)n2nccc2OCCCCCNc2ccc(C(=O)N[C@H]3C(C)(C)[C@H](Oc4ccc(C#N)c(Cl)c4)C3(C)C)cc2)cc1. The number of nitriles is 1. The number of aromatic nitrogens is 3. The number of hydrogen-bond acceptors (Lipinski definition) is 11. The van der Waals surface area contributed by atoms with Crippen LogP contribution in [-0.2, 0) is 9.59 Å². The van der Waals surface area contributed by atoms with Crippen molar-refractivity contribution in [1.82, 2.24) is 30.3 Å². The molecule has 0 unspecified atom stereocenters. The van der Waals surface area contributed by atoms with Crippen molar-refractivity contribution >= 4 is 46.3 Å². The van der Waals surface area contributed by atoms with E-state index in [0.717, 1.165) is 53.2 Å². The average molecular weight is 964 g/mol. The Labute approximate surface area is 408 Å². The molecule has 4 N–H and O–H groups in total. The van der Waals surface area contributed by atoms with E-state index in [9.17, 15) is 24.8 Å². The van der Waals surface area contributed by atoms with Crippen LogP contribution in [0.5, 0.6) is 11.6 Å². The van der Waals surface area contributed by atoms with Crippen molar-refractivity contribution in [3.8, 4) is 28.1 Å². The van der Waals surface area contributed by atoms with Crippen molar-refractivity contribution in [3.05, 3.63) is 112 Å². The summed E-state index contributed by atoms with van der Waals surface area (Å²) in [4.78, 5) is 48.4. The Morgan fingerprint density at radius 2 is 1.71 bits per heavy atom. The quantitative estimate of drug-likeness (QED) is 0.0583. The Balaban J connectivity index is 0.846. The van der Waals surface area contributed by atoms with Crippen LogP contribution in [0.2, 0.25) is 5.02 Å². The van der Waals surface area contributed by atoms with Crippen LogP contribution >= 0.6 is 22.9 Å². The van der Waals surface area contributed by atoms with Gasteiger partial charge in [0.15, 0.2) is 0 Å². The second-order valence-electron chi connectivity index (χ2n) is 19.5. The van der Waals surface area contributed by atoms with Gasteiger partial charge in [-0.2, -0.15) is 10.4 Å². The lowest BCUT2D eigenvalue weighted by Gasteiger charge is -2.63. The molecule has 360 valence electrons. The molecule has 16 heteroatoms. The number of halogens is 1. The Bertz CT molecular complexity index is 2590. The minimum Gasteiger partial charge on any atom is -0.489 e. The van der Waals surface area contributed by atoms with Crippen LogP contribution in [0.3, 0.4) is 0 Å². The minimum absolute atomic E-state index is 0.0525. The van der Waals surface area contributed by atoms with E-state index in [4.69, 9.17) is 21.1 Å². The zero-order valence-corrected chi connectivity index (χ0v) is 41.7. The van der Waals surface area contributed by atoms with E-state index in [2.05, 4.69) is 59.8 Å². The number of benzene rings is 3. The number of aryl methyl sites for hydroxylation is 1. The van der Waals surface area contributed by atoms with Gasteiger partial charge in [-0.05, 0) is 86.6 Å². The number of ether oxygens (including phenoxy) is 2. The van der Waals surface area contributed by atoms with E-state index < -0.39 is 18.2 Å². The highest BCUT2D eigenvalue weighted by molar-refractivity contribution is 7.13. The number of nitrogens with one attached hydrogen (secondary N) is 3. The van der Waals surface area contributed by atoms with Gasteiger partial charge < -0.3 is 35.4 Å². The third-order valence-electron chi connectivity index (χ3n) is 13.4. The summed E-state index contributed by atoms with van der Waals surface area (Å²) in [6, 6.07) is 22.3. The van der Waals surface area contributed by atoms with Crippen LogP contribution < -0.4 is 25.4 Å². The summed E-state index contributed by atoms with van der Waals surface area (Å²) < 4.78 is 14.2. The number of rotatable bonds is 19. The zero-order valence-electron chi connectivity index (χ0n) is 40.1. The number of amides is 3. The van der Waals surface area contributed by atoms with E-state index in [0.29, 0.717) is 34.4 Å². The van der Waals surface area contributed by atoms with Crippen LogP contribution in [0.1, 0.15) is 113 Å². The predicted octanol–water partition coefficient (Wildman–Crippen LogP) is 9.15. The summed E-state index contributed by atoms with van der Waals surface area (Å²) in [5, 5.41) is 34.6. The van der Waals surface area contributed by atoms with Crippen LogP contribution in [0, 0.1) is 35.0 Å². The van der Waals surface area contributed by atoms with Gasteiger partial charge in [-0.1, -0.05) is 77.4 Å². The van der Waals surface area contributed by atoms with Crippen molar-refractivity contribution in [2.24, 2.45) is 16.7 Å². The monoisotopic (exact) mass is 962 g/mol. The van der Waals surface area contributed by atoms with Crippen molar-refractivity contribution < 1.29 is 29.0 Å². The maximum Gasteiger partial charge on any atom is 0.251 e. The number of carbonyl (C=O) groups is 3. The van der Waals surface area contributed by atoms with Crippen molar-refractivity contribution in [2.75, 3.05) is 25.0 Å². The number of hydrogen-bond donors (Lipinski definition) is 4. The van der Waals surface area contributed by atoms with Crippen LogP contribution in [-0.4, -0.2) is 86.5 Å². The summed E-state index contributed by atoms with van der Waals surface area (Å²) in [6.45, 7) is 17.3. The largest absolute Gasteiger partial charge is 0.489 e. The highest BCUT2D eigenvalue weighted by atomic mass is 35.5. The molecule has 1 saturated heterocycles. The number of likely N-dealkylation sites (tertiary alicyclic amines) is 1. The number of aliphatic hydroxyl groups excluding tert-OH is 1. The number of thiazole rings is 1. The third kappa shape index (κ3) is 10.8. The van der Waals surface area contributed by atoms with Gasteiger partial charge in [0, 0.05) is 59.8 Å². The van der Waals surface area contributed by atoms with Gasteiger partial charge in [0.25, 0.3) is 5.91 Å². The maximum atomic E-state index is 14.3. The molecule has 0 spiro atoms. The van der Waals surface area contributed by atoms with E-state index in [1.165, 1.54) is 4.90 Å². The fourth-order valence-corrected chi connectivity index (χ4v) is 11.1. The molecule has 2 aliphatic rings.